The molecule has 2 fully saturated rings. The van der Waals surface area contributed by atoms with Gasteiger partial charge >= 0.3 is 0 Å². The highest BCUT2D eigenvalue weighted by atomic mass is 32.1. The van der Waals surface area contributed by atoms with Crippen molar-refractivity contribution in [3.63, 3.8) is 0 Å². The van der Waals surface area contributed by atoms with Gasteiger partial charge in [-0.3, -0.25) is 9.59 Å². The molecule has 29 heavy (non-hydrogen) atoms. The van der Waals surface area contributed by atoms with Crippen molar-refractivity contribution in [3.8, 4) is 0 Å². The van der Waals surface area contributed by atoms with Gasteiger partial charge < -0.3 is 21.3 Å². The Morgan fingerprint density at radius 2 is 1.93 bits per heavy atom. The molecule has 0 bridgehead atoms. The molecule has 166 valence electrons. The lowest BCUT2D eigenvalue weighted by atomic mass is 9.72. The summed E-state index contributed by atoms with van der Waals surface area (Å²) in [5.74, 6) is 1.36. The zero-order valence-electron chi connectivity index (χ0n) is 18.6. The van der Waals surface area contributed by atoms with Crippen LogP contribution in [0.2, 0.25) is 0 Å². The maximum atomic E-state index is 13.3. The van der Waals surface area contributed by atoms with Gasteiger partial charge in [-0.25, -0.2) is 0 Å². The molecule has 6 nitrogen and oxygen atoms in total. The zero-order valence-corrected chi connectivity index (χ0v) is 19.4. The number of hydrogen-bond donors (Lipinski definition) is 3. The second-order valence-corrected chi connectivity index (χ2v) is 10.3. The maximum Gasteiger partial charge on any atom is 0.246 e. The van der Waals surface area contributed by atoms with Crippen LogP contribution in [0.5, 0.6) is 0 Å². The third kappa shape index (κ3) is 6.64. The van der Waals surface area contributed by atoms with E-state index in [9.17, 15) is 9.59 Å². The van der Waals surface area contributed by atoms with Gasteiger partial charge in [-0.05, 0) is 42.9 Å². The van der Waals surface area contributed by atoms with Crippen molar-refractivity contribution in [2.24, 2.45) is 23.0 Å². The molecular weight excluding hydrogens is 384 g/mol. The normalized spacial score (nSPS) is 25.3. The largest absolute Gasteiger partial charge is 0.367 e. The number of carbonyl (C=O) groups excluding carboxylic acids is 2. The minimum Gasteiger partial charge on any atom is -0.367 e. The van der Waals surface area contributed by atoms with E-state index < -0.39 is 6.04 Å². The highest BCUT2D eigenvalue weighted by Gasteiger charge is 2.41. The molecule has 1 unspecified atom stereocenters. The van der Waals surface area contributed by atoms with Crippen molar-refractivity contribution < 1.29 is 9.59 Å². The Morgan fingerprint density at radius 1 is 1.24 bits per heavy atom. The molecule has 2 aliphatic rings. The van der Waals surface area contributed by atoms with Crippen molar-refractivity contribution in [2.45, 2.75) is 84.7 Å². The summed E-state index contributed by atoms with van der Waals surface area (Å²) in [5, 5.41) is 6.23. The average molecular weight is 425 g/mol. The van der Waals surface area contributed by atoms with Crippen LogP contribution in [0.4, 0.5) is 0 Å². The lowest BCUT2D eigenvalue weighted by Crippen LogP contribution is -2.58. The van der Waals surface area contributed by atoms with E-state index in [-0.39, 0.29) is 29.8 Å². The molecule has 0 radical (unpaired) electrons. The van der Waals surface area contributed by atoms with E-state index in [1.54, 1.807) is 4.90 Å². The van der Waals surface area contributed by atoms with Crippen molar-refractivity contribution >= 4 is 29.0 Å². The number of likely N-dealkylation sites (tertiary alicyclic amines) is 1. The molecule has 1 aliphatic heterocycles. The Kier molecular flexibility index (Phi) is 8.89. The van der Waals surface area contributed by atoms with Gasteiger partial charge in [-0.15, -0.1) is 0 Å². The molecule has 2 atom stereocenters. The number of thiocarbonyl (C=S) groups is 1. The number of nitrogens with two attached hydrogens (primary N) is 1. The summed E-state index contributed by atoms with van der Waals surface area (Å²) in [6.07, 6.45) is 7.89. The Hall–Kier alpha value is -1.21. The number of nitrogens with one attached hydrogen (secondary N) is 2. The first-order valence-corrected chi connectivity index (χ1v) is 11.7. The van der Waals surface area contributed by atoms with Crippen LogP contribution >= 0.6 is 12.2 Å². The monoisotopic (exact) mass is 424 g/mol. The molecule has 1 heterocycles. The van der Waals surface area contributed by atoms with Gasteiger partial charge in [0.05, 0.1) is 4.99 Å². The van der Waals surface area contributed by atoms with Gasteiger partial charge in [0, 0.05) is 19.6 Å². The second kappa shape index (κ2) is 10.7. The van der Waals surface area contributed by atoms with Crippen LogP contribution in [0.15, 0.2) is 0 Å². The number of amides is 2. The van der Waals surface area contributed by atoms with E-state index in [1.807, 2.05) is 20.8 Å². The van der Waals surface area contributed by atoms with Crippen LogP contribution in [0.3, 0.4) is 0 Å². The molecular formula is C22H40N4O2S. The molecule has 0 aromatic rings. The fraction of sp³-hybridized carbons (Fsp3) is 0.864. The van der Waals surface area contributed by atoms with Gasteiger partial charge in [-0.2, -0.15) is 0 Å². The molecule has 7 heteroatoms. The van der Waals surface area contributed by atoms with Crippen molar-refractivity contribution in [2.75, 3.05) is 19.6 Å². The van der Waals surface area contributed by atoms with Gasteiger partial charge in [0.1, 0.15) is 12.1 Å². The van der Waals surface area contributed by atoms with E-state index >= 15 is 0 Å². The van der Waals surface area contributed by atoms with Crippen LogP contribution < -0.4 is 16.4 Å². The first-order valence-electron chi connectivity index (χ1n) is 11.2. The maximum absolute atomic E-state index is 13.3. The van der Waals surface area contributed by atoms with Crippen LogP contribution in [-0.4, -0.2) is 53.4 Å². The molecule has 1 saturated heterocycles. The summed E-state index contributed by atoms with van der Waals surface area (Å²) >= 11 is 5.22. The minimum atomic E-state index is -0.488. The summed E-state index contributed by atoms with van der Waals surface area (Å²) in [7, 11) is 0. The predicted octanol–water partition coefficient (Wildman–Crippen LogP) is 2.60. The summed E-state index contributed by atoms with van der Waals surface area (Å²) in [6.45, 7) is 9.78. The zero-order chi connectivity index (χ0) is 21.6. The quantitative estimate of drug-likeness (QED) is 0.495. The minimum absolute atomic E-state index is 0.0121. The summed E-state index contributed by atoms with van der Waals surface area (Å²) in [4.78, 5) is 28.3. The van der Waals surface area contributed by atoms with Gasteiger partial charge in [-0.1, -0.05) is 59.2 Å². The van der Waals surface area contributed by atoms with E-state index in [0.717, 1.165) is 25.3 Å². The lowest BCUT2D eigenvalue weighted by molar-refractivity contribution is -0.141. The molecule has 0 aromatic heterocycles. The Morgan fingerprint density at radius 3 is 2.52 bits per heavy atom. The first-order chi connectivity index (χ1) is 13.7. The van der Waals surface area contributed by atoms with Crippen LogP contribution in [0.25, 0.3) is 0 Å². The topological polar surface area (TPSA) is 87.5 Å². The van der Waals surface area contributed by atoms with Crippen molar-refractivity contribution in [1.29, 1.82) is 0 Å². The smallest absolute Gasteiger partial charge is 0.246 e. The summed E-state index contributed by atoms with van der Waals surface area (Å²) < 4.78 is 0. The first kappa shape index (κ1) is 24.1. The van der Waals surface area contributed by atoms with Gasteiger partial charge in [0.25, 0.3) is 0 Å². The molecule has 2 amide bonds. The number of carbonyl (C=O) groups is 2. The SMILES string of the molecule is CCCCC1CC(CNC(=O)C2CCCN2C(=O)[C@@H](NC(=S)CN)C(C)(C)C)C1. The Bertz CT molecular complexity index is 584. The van der Waals surface area contributed by atoms with E-state index in [1.165, 1.54) is 32.1 Å². The van der Waals surface area contributed by atoms with Crippen LogP contribution in [0, 0.1) is 17.3 Å². The molecule has 0 aromatic carbocycles. The highest BCUT2D eigenvalue weighted by molar-refractivity contribution is 7.80. The van der Waals surface area contributed by atoms with Crippen molar-refractivity contribution in [3.05, 3.63) is 0 Å². The molecule has 2 rings (SSSR count). The lowest BCUT2D eigenvalue weighted by Gasteiger charge is -2.37. The average Bonchev–Trinajstić information content (AvgIpc) is 3.12. The number of hydrogen-bond acceptors (Lipinski definition) is 4. The van der Waals surface area contributed by atoms with Gasteiger partial charge in [0.15, 0.2) is 0 Å². The molecule has 1 aliphatic carbocycles. The molecule has 0 spiro atoms. The number of nitrogens with zero attached hydrogens (tertiary/aromatic N) is 1. The number of unbranched alkanes of at least 4 members (excludes halogenated alkanes) is 1. The summed E-state index contributed by atoms with van der Waals surface area (Å²) in [5.41, 5.74) is 5.29. The van der Waals surface area contributed by atoms with E-state index in [2.05, 4.69) is 17.6 Å². The third-order valence-corrected chi connectivity index (χ3v) is 6.59. The predicted molar refractivity (Wildman–Crippen MR) is 122 cm³/mol. The van der Waals surface area contributed by atoms with Crippen molar-refractivity contribution in [1.82, 2.24) is 15.5 Å². The number of rotatable bonds is 9. The molecule has 1 saturated carbocycles. The third-order valence-electron chi connectivity index (χ3n) is 6.31. The molecule has 4 N–H and O–H groups in total. The standard InChI is InChI=1S/C22H40N4O2S/c1-5-6-8-15-11-16(12-15)14-24-20(27)17-9-7-10-26(17)21(28)19(22(2,3)4)25-18(29)13-23/h15-17,19H,5-14,23H2,1-4H3,(H,24,27)(H,25,29)/t15?,16?,17?,19-/m1/s1. The fourth-order valence-corrected chi connectivity index (χ4v) is 4.59. The highest BCUT2D eigenvalue weighted by Crippen LogP contribution is 2.36. The second-order valence-electron chi connectivity index (χ2n) is 9.85. The van der Waals surface area contributed by atoms with E-state index in [0.29, 0.717) is 17.5 Å². The Labute approximate surface area is 181 Å². The van der Waals surface area contributed by atoms with Crippen LogP contribution in [-0.2, 0) is 9.59 Å². The van der Waals surface area contributed by atoms with Gasteiger partial charge in [0.2, 0.25) is 11.8 Å². The summed E-state index contributed by atoms with van der Waals surface area (Å²) in [6, 6.07) is -0.866. The van der Waals surface area contributed by atoms with Crippen LogP contribution in [0.1, 0.15) is 72.6 Å². The Balaban J connectivity index is 1.89. The van der Waals surface area contributed by atoms with E-state index in [4.69, 9.17) is 18.0 Å². The fourth-order valence-electron chi connectivity index (χ4n) is 4.47.